The minimum Gasteiger partial charge on any atom is -0.394 e. The van der Waals surface area contributed by atoms with Gasteiger partial charge >= 0.3 is 0 Å². The predicted octanol–water partition coefficient (Wildman–Crippen LogP) is -0.389. The van der Waals surface area contributed by atoms with Crippen LogP contribution in [-0.4, -0.2) is 29.7 Å². The number of carbonyl (C=O) groups is 1. The molecule has 0 aromatic heterocycles. The summed E-state index contributed by atoms with van der Waals surface area (Å²) in [6.45, 7) is 3.72. The molecule has 0 aliphatic carbocycles. The van der Waals surface area contributed by atoms with Gasteiger partial charge in [-0.05, 0) is 12.8 Å². The Hall–Kier alpha value is -0.610. The standard InChI is InChI=1S/C8H18N2O2/c1-3-6(5-11)10-8(12)7(9)4-2/h6-7,11H,3-5,9H2,1-2H3,(H,10,12)/t6-,7+/m0/s1. The van der Waals surface area contributed by atoms with E-state index in [0.29, 0.717) is 6.42 Å². The predicted molar refractivity (Wildman–Crippen MR) is 47.6 cm³/mol. The van der Waals surface area contributed by atoms with Gasteiger partial charge in [-0.15, -0.1) is 0 Å². The number of nitrogens with one attached hydrogen (secondary N) is 1. The molecule has 0 spiro atoms. The molecule has 0 heterocycles. The lowest BCUT2D eigenvalue weighted by molar-refractivity contribution is -0.123. The fourth-order valence-electron chi connectivity index (χ4n) is 0.770. The normalized spacial score (nSPS) is 15.3. The van der Waals surface area contributed by atoms with E-state index < -0.39 is 6.04 Å². The summed E-state index contributed by atoms with van der Waals surface area (Å²) < 4.78 is 0. The highest BCUT2D eigenvalue weighted by molar-refractivity contribution is 5.81. The van der Waals surface area contributed by atoms with Crippen molar-refractivity contribution in [1.29, 1.82) is 0 Å². The maximum Gasteiger partial charge on any atom is 0.237 e. The monoisotopic (exact) mass is 174 g/mol. The number of amides is 1. The molecule has 1 amide bonds. The largest absolute Gasteiger partial charge is 0.394 e. The van der Waals surface area contributed by atoms with Gasteiger partial charge in [0.2, 0.25) is 5.91 Å². The maximum absolute atomic E-state index is 11.2. The molecule has 0 aromatic rings. The average molecular weight is 174 g/mol. The molecule has 0 fully saturated rings. The van der Waals surface area contributed by atoms with Crippen molar-refractivity contribution in [3.8, 4) is 0 Å². The van der Waals surface area contributed by atoms with Gasteiger partial charge < -0.3 is 16.2 Å². The molecule has 2 atom stereocenters. The first-order valence-corrected chi connectivity index (χ1v) is 4.32. The number of nitrogens with two attached hydrogens (primary N) is 1. The van der Waals surface area contributed by atoms with Crippen LogP contribution in [0.5, 0.6) is 0 Å². The maximum atomic E-state index is 11.2. The van der Waals surface area contributed by atoms with E-state index in [1.807, 2.05) is 13.8 Å². The zero-order valence-corrected chi connectivity index (χ0v) is 7.71. The second-order valence-electron chi connectivity index (χ2n) is 2.81. The van der Waals surface area contributed by atoms with Gasteiger partial charge in [0.1, 0.15) is 0 Å². The Morgan fingerprint density at radius 1 is 1.50 bits per heavy atom. The first kappa shape index (κ1) is 11.4. The van der Waals surface area contributed by atoms with Crippen LogP contribution in [0.1, 0.15) is 26.7 Å². The van der Waals surface area contributed by atoms with Crippen LogP contribution in [-0.2, 0) is 4.79 Å². The number of rotatable bonds is 5. The number of hydrogen-bond acceptors (Lipinski definition) is 3. The van der Waals surface area contributed by atoms with Crippen LogP contribution < -0.4 is 11.1 Å². The van der Waals surface area contributed by atoms with Gasteiger partial charge in [-0.1, -0.05) is 13.8 Å². The molecule has 0 aromatic carbocycles. The van der Waals surface area contributed by atoms with Crippen LogP contribution in [0.3, 0.4) is 0 Å². The van der Waals surface area contributed by atoms with Crippen LogP contribution in [0, 0.1) is 0 Å². The summed E-state index contributed by atoms with van der Waals surface area (Å²) in [6, 6.07) is -0.610. The molecule has 4 N–H and O–H groups in total. The van der Waals surface area contributed by atoms with E-state index in [9.17, 15) is 4.79 Å². The van der Waals surface area contributed by atoms with Gasteiger partial charge in [0.15, 0.2) is 0 Å². The van der Waals surface area contributed by atoms with Crippen LogP contribution in [0.25, 0.3) is 0 Å². The van der Waals surface area contributed by atoms with Gasteiger partial charge in [0.25, 0.3) is 0 Å². The Balaban J connectivity index is 3.81. The molecule has 0 radical (unpaired) electrons. The van der Waals surface area contributed by atoms with Crippen molar-refractivity contribution in [2.45, 2.75) is 38.8 Å². The van der Waals surface area contributed by atoms with Crippen molar-refractivity contribution in [3.05, 3.63) is 0 Å². The summed E-state index contributed by atoms with van der Waals surface area (Å²) in [5.74, 6) is -0.182. The summed E-state index contributed by atoms with van der Waals surface area (Å²) in [5, 5.41) is 11.4. The fourth-order valence-corrected chi connectivity index (χ4v) is 0.770. The molecule has 4 heteroatoms. The van der Waals surface area contributed by atoms with Gasteiger partial charge in [-0.2, -0.15) is 0 Å². The highest BCUT2D eigenvalue weighted by Gasteiger charge is 2.14. The first-order chi connectivity index (χ1) is 5.65. The topological polar surface area (TPSA) is 75.3 Å². The zero-order chi connectivity index (χ0) is 9.56. The lowest BCUT2D eigenvalue weighted by Crippen LogP contribution is -2.46. The van der Waals surface area contributed by atoms with Gasteiger partial charge in [0, 0.05) is 0 Å². The van der Waals surface area contributed by atoms with Crippen molar-refractivity contribution in [2.75, 3.05) is 6.61 Å². The minimum atomic E-state index is -0.453. The van der Waals surface area contributed by atoms with E-state index in [2.05, 4.69) is 5.32 Å². The molecule has 0 saturated carbocycles. The Morgan fingerprint density at radius 3 is 2.42 bits per heavy atom. The molecule has 0 bridgehead atoms. The summed E-state index contributed by atoms with van der Waals surface area (Å²) >= 11 is 0. The minimum absolute atomic E-state index is 0.0291. The SMILES string of the molecule is CC[C@@H](CO)NC(=O)[C@H](N)CC. The zero-order valence-electron chi connectivity index (χ0n) is 7.71. The quantitative estimate of drug-likeness (QED) is 0.531. The summed E-state index contributed by atoms with van der Waals surface area (Å²) in [5.41, 5.74) is 5.48. The van der Waals surface area contributed by atoms with Crippen LogP contribution in [0.2, 0.25) is 0 Å². The second kappa shape index (κ2) is 5.97. The van der Waals surface area contributed by atoms with Crippen LogP contribution >= 0.6 is 0 Å². The third-order valence-corrected chi connectivity index (χ3v) is 1.84. The number of carbonyl (C=O) groups excluding carboxylic acids is 1. The highest BCUT2D eigenvalue weighted by atomic mass is 16.3. The Labute approximate surface area is 73.1 Å². The van der Waals surface area contributed by atoms with Crippen molar-refractivity contribution in [2.24, 2.45) is 5.73 Å². The third kappa shape index (κ3) is 3.69. The van der Waals surface area contributed by atoms with Gasteiger partial charge in [0.05, 0.1) is 18.7 Å². The Bertz CT molecular complexity index is 135. The lowest BCUT2D eigenvalue weighted by atomic mass is 10.2. The molecule has 0 saturated heterocycles. The molecular weight excluding hydrogens is 156 g/mol. The number of hydrogen-bond donors (Lipinski definition) is 3. The molecule has 4 nitrogen and oxygen atoms in total. The van der Waals surface area contributed by atoms with E-state index in [4.69, 9.17) is 10.8 Å². The van der Waals surface area contributed by atoms with E-state index in [0.717, 1.165) is 6.42 Å². The van der Waals surface area contributed by atoms with E-state index in [1.165, 1.54) is 0 Å². The van der Waals surface area contributed by atoms with Crippen LogP contribution in [0.15, 0.2) is 0 Å². The lowest BCUT2D eigenvalue weighted by Gasteiger charge is -2.16. The van der Waals surface area contributed by atoms with Crippen molar-refractivity contribution in [1.82, 2.24) is 5.32 Å². The Kier molecular flexibility index (Phi) is 5.66. The molecule has 0 rings (SSSR count). The smallest absolute Gasteiger partial charge is 0.237 e. The highest BCUT2D eigenvalue weighted by Crippen LogP contribution is 1.92. The third-order valence-electron chi connectivity index (χ3n) is 1.84. The first-order valence-electron chi connectivity index (χ1n) is 4.32. The fraction of sp³-hybridized carbons (Fsp3) is 0.875. The molecule has 0 aliphatic rings. The molecular formula is C8H18N2O2. The molecule has 72 valence electrons. The van der Waals surface area contributed by atoms with Crippen molar-refractivity contribution >= 4 is 5.91 Å². The van der Waals surface area contributed by atoms with Crippen molar-refractivity contribution in [3.63, 3.8) is 0 Å². The van der Waals surface area contributed by atoms with E-state index in [-0.39, 0.29) is 18.6 Å². The number of aliphatic hydroxyl groups excluding tert-OH is 1. The average Bonchev–Trinajstić information content (AvgIpc) is 2.12. The molecule has 0 aliphatic heterocycles. The molecule has 12 heavy (non-hydrogen) atoms. The number of aliphatic hydroxyl groups is 1. The van der Waals surface area contributed by atoms with E-state index in [1.54, 1.807) is 0 Å². The van der Waals surface area contributed by atoms with Gasteiger partial charge in [-0.25, -0.2) is 0 Å². The van der Waals surface area contributed by atoms with Crippen LogP contribution in [0.4, 0.5) is 0 Å². The van der Waals surface area contributed by atoms with Gasteiger partial charge in [-0.3, -0.25) is 4.79 Å². The summed E-state index contributed by atoms with van der Waals surface area (Å²) in [6.07, 6.45) is 1.34. The molecule has 0 unspecified atom stereocenters. The van der Waals surface area contributed by atoms with Crippen molar-refractivity contribution < 1.29 is 9.90 Å². The second-order valence-corrected chi connectivity index (χ2v) is 2.81. The summed E-state index contributed by atoms with van der Waals surface area (Å²) in [7, 11) is 0. The Morgan fingerprint density at radius 2 is 2.08 bits per heavy atom. The van der Waals surface area contributed by atoms with E-state index >= 15 is 0 Å². The summed E-state index contributed by atoms with van der Waals surface area (Å²) in [4.78, 5) is 11.2.